The van der Waals surface area contributed by atoms with Crippen molar-refractivity contribution >= 4 is 17.7 Å². The molecule has 0 bridgehead atoms. The number of carbonyl (C=O) groups is 2. The Hall–Kier alpha value is -2.29. The van der Waals surface area contributed by atoms with Crippen molar-refractivity contribution in [1.82, 2.24) is 5.32 Å². The Bertz CT molecular complexity index is 519. The number of urea groups is 1. The van der Waals surface area contributed by atoms with Crippen LogP contribution in [0.1, 0.15) is 5.56 Å². The van der Waals surface area contributed by atoms with Crippen molar-refractivity contribution in [2.75, 3.05) is 19.0 Å². The molecule has 1 atom stereocenters. The second kappa shape index (κ2) is 6.93. The molecule has 2 amide bonds. The van der Waals surface area contributed by atoms with Gasteiger partial charge < -0.3 is 20.5 Å². The topological polar surface area (TPSA) is 87.7 Å². The number of ether oxygens (including phenoxy) is 1. The average Bonchev–Trinajstić information content (AvgIpc) is 2.43. The second-order valence-electron chi connectivity index (χ2n) is 3.95. The number of amides is 2. The largest absolute Gasteiger partial charge is 0.467 e. The summed E-state index contributed by atoms with van der Waals surface area (Å²) in [6.45, 7) is -0.433. The highest BCUT2D eigenvalue weighted by Gasteiger charge is 2.30. The van der Waals surface area contributed by atoms with Crippen LogP contribution in [-0.2, 0) is 15.7 Å². The minimum Gasteiger partial charge on any atom is -0.467 e. The summed E-state index contributed by atoms with van der Waals surface area (Å²) in [5.41, 5.74) is -0.982. The van der Waals surface area contributed by atoms with Crippen LogP contribution in [0, 0.1) is 0 Å². The SMILES string of the molecule is COC(=O)C(O)CNC(=O)Nc1cccc(C(F)(F)F)c1. The Morgan fingerprint density at radius 3 is 2.62 bits per heavy atom. The number of aliphatic hydroxyl groups excluding tert-OH is 1. The van der Waals surface area contributed by atoms with Gasteiger partial charge in [0.05, 0.1) is 19.2 Å². The van der Waals surface area contributed by atoms with Crippen molar-refractivity contribution in [3.05, 3.63) is 29.8 Å². The third-order valence-corrected chi connectivity index (χ3v) is 2.38. The first-order chi connectivity index (χ1) is 9.74. The number of carbonyl (C=O) groups excluding carboxylic acids is 2. The third-order valence-electron chi connectivity index (χ3n) is 2.38. The second-order valence-corrected chi connectivity index (χ2v) is 3.95. The molecular formula is C12H13F3N2O4. The predicted molar refractivity (Wildman–Crippen MR) is 66.5 cm³/mol. The van der Waals surface area contributed by atoms with E-state index in [2.05, 4.69) is 15.4 Å². The number of hydrogen-bond acceptors (Lipinski definition) is 4. The molecule has 1 aromatic carbocycles. The van der Waals surface area contributed by atoms with Gasteiger partial charge in [0.2, 0.25) is 0 Å². The van der Waals surface area contributed by atoms with Crippen molar-refractivity contribution in [3.8, 4) is 0 Å². The minimum atomic E-state index is -4.52. The van der Waals surface area contributed by atoms with Crippen molar-refractivity contribution in [3.63, 3.8) is 0 Å². The smallest absolute Gasteiger partial charge is 0.416 e. The number of aliphatic hydroxyl groups is 1. The molecule has 0 saturated carbocycles. The maximum absolute atomic E-state index is 12.5. The average molecular weight is 306 g/mol. The number of anilines is 1. The fraction of sp³-hybridized carbons (Fsp3) is 0.333. The van der Waals surface area contributed by atoms with Gasteiger partial charge >= 0.3 is 18.2 Å². The van der Waals surface area contributed by atoms with E-state index in [1.807, 2.05) is 0 Å². The van der Waals surface area contributed by atoms with Crippen LogP contribution in [0.25, 0.3) is 0 Å². The van der Waals surface area contributed by atoms with E-state index in [4.69, 9.17) is 0 Å². The Labute approximate surface area is 117 Å². The van der Waals surface area contributed by atoms with Crippen LogP contribution in [-0.4, -0.2) is 36.9 Å². The van der Waals surface area contributed by atoms with Gasteiger partial charge in [-0.1, -0.05) is 6.07 Å². The van der Waals surface area contributed by atoms with Gasteiger partial charge in [0.25, 0.3) is 0 Å². The predicted octanol–water partition coefficient (Wildman–Crippen LogP) is 1.36. The molecule has 0 aliphatic carbocycles. The minimum absolute atomic E-state index is 0.0742. The lowest BCUT2D eigenvalue weighted by atomic mass is 10.2. The molecule has 1 aromatic rings. The molecule has 1 rings (SSSR count). The third kappa shape index (κ3) is 5.30. The van der Waals surface area contributed by atoms with Gasteiger partial charge in [0.15, 0.2) is 6.10 Å². The Balaban J connectivity index is 2.58. The van der Waals surface area contributed by atoms with E-state index in [-0.39, 0.29) is 5.69 Å². The molecular weight excluding hydrogens is 293 g/mol. The summed E-state index contributed by atoms with van der Waals surface area (Å²) in [6, 6.07) is 3.17. The van der Waals surface area contributed by atoms with E-state index in [1.54, 1.807) is 0 Å². The van der Waals surface area contributed by atoms with Gasteiger partial charge in [0.1, 0.15) is 0 Å². The molecule has 0 saturated heterocycles. The lowest BCUT2D eigenvalue weighted by Crippen LogP contribution is -2.39. The highest BCUT2D eigenvalue weighted by Crippen LogP contribution is 2.30. The monoisotopic (exact) mass is 306 g/mol. The summed E-state index contributed by atoms with van der Waals surface area (Å²) < 4.78 is 41.7. The molecule has 0 heterocycles. The molecule has 21 heavy (non-hydrogen) atoms. The van der Waals surface area contributed by atoms with Gasteiger partial charge in [-0.05, 0) is 18.2 Å². The lowest BCUT2D eigenvalue weighted by Gasteiger charge is -2.12. The van der Waals surface area contributed by atoms with Crippen LogP contribution in [0.15, 0.2) is 24.3 Å². The standard InChI is InChI=1S/C12H13F3N2O4/c1-21-10(19)9(18)6-16-11(20)17-8-4-2-3-7(5-8)12(13,14)15/h2-5,9,18H,6H2,1H3,(H2,16,17,20). The Morgan fingerprint density at radius 2 is 2.05 bits per heavy atom. The van der Waals surface area contributed by atoms with Gasteiger partial charge in [0, 0.05) is 5.69 Å². The van der Waals surface area contributed by atoms with Gasteiger partial charge in [-0.2, -0.15) is 13.2 Å². The zero-order valence-corrected chi connectivity index (χ0v) is 10.9. The summed E-state index contributed by atoms with van der Waals surface area (Å²) >= 11 is 0. The van der Waals surface area contributed by atoms with E-state index in [1.165, 1.54) is 6.07 Å². The van der Waals surface area contributed by atoms with Crippen molar-refractivity contribution in [2.45, 2.75) is 12.3 Å². The molecule has 0 aliphatic rings. The number of hydrogen-bond donors (Lipinski definition) is 3. The van der Waals surface area contributed by atoms with E-state index < -0.39 is 36.4 Å². The number of esters is 1. The van der Waals surface area contributed by atoms with Crippen LogP contribution >= 0.6 is 0 Å². The van der Waals surface area contributed by atoms with Gasteiger partial charge in [-0.15, -0.1) is 0 Å². The van der Waals surface area contributed by atoms with Crippen molar-refractivity contribution < 1.29 is 32.6 Å². The van der Waals surface area contributed by atoms with Gasteiger partial charge in [-0.25, -0.2) is 9.59 Å². The molecule has 0 fully saturated rings. The highest BCUT2D eigenvalue weighted by atomic mass is 19.4. The normalized spacial score (nSPS) is 12.4. The Kier molecular flexibility index (Phi) is 5.53. The summed E-state index contributed by atoms with van der Waals surface area (Å²) in [4.78, 5) is 22.3. The van der Waals surface area contributed by atoms with Crippen molar-refractivity contribution in [2.24, 2.45) is 0 Å². The fourth-order valence-corrected chi connectivity index (χ4v) is 1.36. The maximum Gasteiger partial charge on any atom is 0.416 e. The zero-order chi connectivity index (χ0) is 16.0. The van der Waals surface area contributed by atoms with Gasteiger partial charge in [-0.3, -0.25) is 0 Å². The highest BCUT2D eigenvalue weighted by molar-refractivity contribution is 5.89. The number of methoxy groups -OCH3 is 1. The quantitative estimate of drug-likeness (QED) is 0.733. The number of nitrogens with one attached hydrogen (secondary N) is 2. The number of rotatable bonds is 4. The lowest BCUT2D eigenvalue weighted by molar-refractivity contribution is -0.149. The number of benzene rings is 1. The van der Waals surface area contributed by atoms with E-state index >= 15 is 0 Å². The fourth-order valence-electron chi connectivity index (χ4n) is 1.36. The van der Waals surface area contributed by atoms with Crippen molar-refractivity contribution in [1.29, 1.82) is 0 Å². The molecule has 116 valence electrons. The van der Waals surface area contributed by atoms with Crippen LogP contribution in [0.3, 0.4) is 0 Å². The Morgan fingerprint density at radius 1 is 1.38 bits per heavy atom. The first-order valence-corrected chi connectivity index (χ1v) is 5.72. The van der Waals surface area contributed by atoms with Crippen LogP contribution in [0.4, 0.5) is 23.7 Å². The summed E-state index contributed by atoms with van der Waals surface area (Å²) in [6.07, 6.45) is -6.07. The molecule has 9 heteroatoms. The molecule has 3 N–H and O–H groups in total. The molecule has 0 radical (unpaired) electrons. The van der Waals surface area contributed by atoms with Crippen LogP contribution in [0.2, 0.25) is 0 Å². The first-order valence-electron chi connectivity index (χ1n) is 5.72. The van der Waals surface area contributed by atoms with Crippen LogP contribution in [0.5, 0.6) is 0 Å². The number of alkyl halides is 3. The molecule has 0 aromatic heterocycles. The maximum atomic E-state index is 12.5. The molecule has 6 nitrogen and oxygen atoms in total. The zero-order valence-electron chi connectivity index (χ0n) is 10.9. The number of halogens is 3. The first kappa shape index (κ1) is 16.8. The summed E-state index contributed by atoms with van der Waals surface area (Å²) in [5, 5.41) is 13.5. The van der Waals surface area contributed by atoms with E-state index in [9.17, 15) is 27.9 Å². The van der Waals surface area contributed by atoms with Crippen LogP contribution < -0.4 is 10.6 Å². The summed E-state index contributed by atoms with van der Waals surface area (Å²) in [5.74, 6) is -0.936. The van der Waals surface area contributed by atoms with E-state index in [0.717, 1.165) is 25.3 Å². The van der Waals surface area contributed by atoms with E-state index in [0.29, 0.717) is 0 Å². The molecule has 0 aliphatic heterocycles. The molecule has 1 unspecified atom stereocenters. The molecule has 0 spiro atoms. The summed E-state index contributed by atoms with van der Waals surface area (Å²) in [7, 11) is 1.06.